The third-order valence-electron chi connectivity index (χ3n) is 3.88. The Morgan fingerprint density at radius 2 is 1.93 bits per heavy atom. The van der Waals surface area contributed by atoms with E-state index in [2.05, 4.69) is 10.3 Å². The van der Waals surface area contributed by atoms with Crippen LogP contribution in [0.5, 0.6) is 17.2 Å². The average Bonchev–Trinajstić information content (AvgIpc) is 3.18. The van der Waals surface area contributed by atoms with Crippen LogP contribution in [0.25, 0.3) is 10.6 Å². The van der Waals surface area contributed by atoms with E-state index >= 15 is 0 Å². The highest BCUT2D eigenvalue weighted by Gasteiger charge is 2.16. The molecule has 0 unspecified atom stereocenters. The summed E-state index contributed by atoms with van der Waals surface area (Å²) in [5.74, 6) is 0.642. The van der Waals surface area contributed by atoms with Gasteiger partial charge in [-0.3, -0.25) is 4.79 Å². The molecule has 1 heterocycles. The fraction of sp³-hybridized carbons (Fsp3) is 0.200. The number of nitrogens with one attached hydrogen (secondary N) is 1. The van der Waals surface area contributed by atoms with E-state index in [-0.39, 0.29) is 5.69 Å². The highest BCUT2D eigenvalue weighted by Crippen LogP contribution is 2.31. The van der Waals surface area contributed by atoms with E-state index in [0.29, 0.717) is 40.1 Å². The number of benzene rings is 2. The monoisotopic (exact) mass is 402 g/mol. The van der Waals surface area contributed by atoms with Gasteiger partial charge in [-0.1, -0.05) is 0 Å². The fourth-order valence-electron chi connectivity index (χ4n) is 2.52. The molecule has 2 aromatic carbocycles. The molecule has 6 nitrogen and oxygen atoms in total. The second kappa shape index (κ2) is 8.71. The van der Waals surface area contributed by atoms with Crippen molar-refractivity contribution < 1.29 is 23.4 Å². The summed E-state index contributed by atoms with van der Waals surface area (Å²) in [7, 11) is 3.05. The number of carbonyl (C=O) groups is 1. The second-order valence-corrected chi connectivity index (χ2v) is 6.49. The van der Waals surface area contributed by atoms with Crippen molar-refractivity contribution in [3.05, 3.63) is 53.3 Å². The largest absolute Gasteiger partial charge is 0.497 e. The third kappa shape index (κ3) is 4.23. The second-order valence-electron chi connectivity index (χ2n) is 5.63. The molecule has 0 saturated carbocycles. The molecular weight excluding hydrogens is 383 g/mol. The van der Waals surface area contributed by atoms with Gasteiger partial charge in [0, 0.05) is 23.1 Å². The van der Waals surface area contributed by atoms with E-state index in [4.69, 9.17) is 14.2 Å². The number of nitrogens with zero attached hydrogens (tertiary/aromatic N) is 1. The van der Waals surface area contributed by atoms with Crippen molar-refractivity contribution in [3.63, 3.8) is 0 Å². The zero-order valence-corrected chi connectivity index (χ0v) is 16.4. The van der Waals surface area contributed by atoms with Crippen LogP contribution in [0.15, 0.2) is 41.8 Å². The predicted octanol–water partition coefficient (Wildman–Crippen LogP) is 4.62. The first kappa shape index (κ1) is 19.6. The number of amides is 1. The van der Waals surface area contributed by atoms with E-state index in [0.717, 1.165) is 0 Å². The van der Waals surface area contributed by atoms with Crippen molar-refractivity contribution in [1.82, 2.24) is 4.98 Å². The number of ether oxygens (including phenoxy) is 3. The first-order chi connectivity index (χ1) is 13.5. The molecule has 0 radical (unpaired) electrons. The van der Waals surface area contributed by atoms with E-state index in [1.165, 1.54) is 24.5 Å². The van der Waals surface area contributed by atoms with Gasteiger partial charge in [0.2, 0.25) is 0 Å². The molecule has 1 amide bonds. The lowest BCUT2D eigenvalue weighted by molar-refractivity contribution is 0.102. The molecule has 3 rings (SSSR count). The molecule has 146 valence electrons. The van der Waals surface area contributed by atoms with Gasteiger partial charge < -0.3 is 19.5 Å². The molecular formula is C20H19FN2O4S. The van der Waals surface area contributed by atoms with Crippen LogP contribution < -0.4 is 19.5 Å². The van der Waals surface area contributed by atoms with Gasteiger partial charge in [0.15, 0.2) is 0 Å². The minimum atomic E-state index is -0.455. The highest BCUT2D eigenvalue weighted by atomic mass is 32.1. The normalized spacial score (nSPS) is 10.4. The molecule has 0 bridgehead atoms. The Bertz CT molecular complexity index is 990. The molecule has 28 heavy (non-hydrogen) atoms. The molecule has 0 fully saturated rings. The van der Waals surface area contributed by atoms with Crippen LogP contribution in [-0.4, -0.2) is 31.7 Å². The van der Waals surface area contributed by atoms with E-state index in [9.17, 15) is 9.18 Å². The Kier molecular flexibility index (Phi) is 6.10. The number of halogens is 1. The van der Waals surface area contributed by atoms with Crippen LogP contribution in [0.4, 0.5) is 10.1 Å². The summed E-state index contributed by atoms with van der Waals surface area (Å²) < 4.78 is 30.0. The van der Waals surface area contributed by atoms with Crippen LogP contribution in [0.1, 0.15) is 17.4 Å². The summed E-state index contributed by atoms with van der Waals surface area (Å²) in [6.07, 6.45) is 0. The van der Waals surface area contributed by atoms with E-state index in [1.54, 1.807) is 42.8 Å². The molecule has 0 aliphatic heterocycles. The molecule has 1 aromatic heterocycles. The zero-order chi connectivity index (χ0) is 20.1. The summed E-state index contributed by atoms with van der Waals surface area (Å²) in [5.41, 5.74) is 0.982. The van der Waals surface area contributed by atoms with Crippen molar-refractivity contribution in [2.75, 3.05) is 26.1 Å². The number of hydrogen-bond acceptors (Lipinski definition) is 6. The van der Waals surface area contributed by atoms with Gasteiger partial charge in [0.05, 0.1) is 26.5 Å². The maximum absolute atomic E-state index is 14.3. The smallest absolute Gasteiger partial charge is 0.275 e. The molecule has 8 heteroatoms. The average molecular weight is 402 g/mol. The van der Waals surface area contributed by atoms with Gasteiger partial charge >= 0.3 is 0 Å². The predicted molar refractivity (Wildman–Crippen MR) is 106 cm³/mol. The first-order valence-corrected chi connectivity index (χ1v) is 9.35. The molecule has 0 aliphatic rings. The number of rotatable bonds is 7. The minimum Gasteiger partial charge on any atom is -0.497 e. The number of aromatic nitrogens is 1. The number of methoxy groups -OCH3 is 2. The van der Waals surface area contributed by atoms with Crippen molar-refractivity contribution in [1.29, 1.82) is 0 Å². The van der Waals surface area contributed by atoms with Gasteiger partial charge in [-0.15, -0.1) is 11.3 Å². The molecule has 0 aliphatic carbocycles. The van der Waals surface area contributed by atoms with Gasteiger partial charge in [-0.05, 0) is 31.2 Å². The minimum absolute atomic E-state index is 0.186. The van der Waals surface area contributed by atoms with Crippen LogP contribution in [0.3, 0.4) is 0 Å². The first-order valence-electron chi connectivity index (χ1n) is 8.47. The zero-order valence-electron chi connectivity index (χ0n) is 15.6. The quantitative estimate of drug-likeness (QED) is 0.625. The van der Waals surface area contributed by atoms with Crippen molar-refractivity contribution in [2.45, 2.75) is 6.92 Å². The summed E-state index contributed by atoms with van der Waals surface area (Å²) in [6.45, 7) is 2.28. The maximum atomic E-state index is 14.3. The van der Waals surface area contributed by atoms with E-state index < -0.39 is 11.7 Å². The van der Waals surface area contributed by atoms with Gasteiger partial charge in [-0.25, -0.2) is 9.37 Å². The summed E-state index contributed by atoms with van der Waals surface area (Å²) in [6, 6.07) is 9.62. The molecule has 0 spiro atoms. The molecule has 1 N–H and O–H groups in total. The Morgan fingerprint density at radius 3 is 2.61 bits per heavy atom. The Hall–Kier alpha value is -3.13. The van der Waals surface area contributed by atoms with Gasteiger partial charge in [-0.2, -0.15) is 0 Å². The number of anilines is 1. The van der Waals surface area contributed by atoms with Crippen molar-refractivity contribution in [3.8, 4) is 27.8 Å². The fourth-order valence-corrected chi connectivity index (χ4v) is 3.34. The Balaban J connectivity index is 1.80. The standard InChI is InChI=1S/C20H19FN2O4S/c1-4-27-13-5-7-14(15(21)9-13)20-23-17(11-28-20)19(24)22-16-8-6-12(25-2)10-18(16)26-3/h5-11H,4H2,1-3H3,(H,22,24). The summed E-state index contributed by atoms with van der Waals surface area (Å²) >= 11 is 1.19. The Labute approximate surface area is 165 Å². The van der Waals surface area contributed by atoms with Crippen LogP contribution >= 0.6 is 11.3 Å². The van der Waals surface area contributed by atoms with Crippen molar-refractivity contribution in [2.24, 2.45) is 0 Å². The lowest BCUT2D eigenvalue weighted by Gasteiger charge is -2.10. The van der Waals surface area contributed by atoms with Gasteiger partial charge in [0.25, 0.3) is 5.91 Å². The number of thiazole rings is 1. The summed E-state index contributed by atoms with van der Waals surface area (Å²) in [4.78, 5) is 16.8. The Morgan fingerprint density at radius 1 is 1.14 bits per heavy atom. The van der Waals surface area contributed by atoms with Crippen molar-refractivity contribution >= 4 is 22.9 Å². The molecule has 0 saturated heterocycles. The topological polar surface area (TPSA) is 69.7 Å². The summed E-state index contributed by atoms with van der Waals surface area (Å²) in [5, 5.41) is 4.73. The maximum Gasteiger partial charge on any atom is 0.275 e. The lowest BCUT2D eigenvalue weighted by Crippen LogP contribution is -2.13. The highest BCUT2D eigenvalue weighted by molar-refractivity contribution is 7.13. The van der Waals surface area contributed by atoms with Crippen LogP contribution in [-0.2, 0) is 0 Å². The third-order valence-corrected chi connectivity index (χ3v) is 4.75. The number of hydrogen-bond donors (Lipinski definition) is 1. The molecule has 3 aromatic rings. The SMILES string of the molecule is CCOc1ccc(-c2nc(C(=O)Nc3ccc(OC)cc3OC)cs2)c(F)c1. The number of carbonyl (C=O) groups excluding carboxylic acids is 1. The molecule has 0 atom stereocenters. The van der Waals surface area contributed by atoms with Gasteiger partial charge in [0.1, 0.15) is 33.8 Å². The lowest BCUT2D eigenvalue weighted by atomic mass is 10.2. The van der Waals surface area contributed by atoms with Crippen LogP contribution in [0.2, 0.25) is 0 Å². The van der Waals surface area contributed by atoms with E-state index in [1.807, 2.05) is 6.92 Å². The van der Waals surface area contributed by atoms with Crippen LogP contribution in [0, 0.1) is 5.82 Å².